The fourth-order valence-corrected chi connectivity index (χ4v) is 1.94. The molecular weight excluding hydrogens is 350 g/mol. The number of isothiocyanates is 2. The van der Waals surface area contributed by atoms with Gasteiger partial charge < -0.3 is 0 Å². The van der Waals surface area contributed by atoms with Gasteiger partial charge in [0.05, 0.1) is 34.8 Å². The summed E-state index contributed by atoms with van der Waals surface area (Å²) in [4.78, 5) is 15.0. The van der Waals surface area contributed by atoms with Crippen molar-refractivity contribution in [3.05, 3.63) is 59.7 Å². The van der Waals surface area contributed by atoms with E-state index in [0.29, 0.717) is 11.1 Å². The van der Waals surface area contributed by atoms with Crippen molar-refractivity contribution >= 4 is 34.8 Å². The molecule has 0 aliphatic carbocycles. The molecule has 2 aromatic heterocycles. The van der Waals surface area contributed by atoms with Gasteiger partial charge in [0.25, 0.3) is 0 Å². The second-order valence-electron chi connectivity index (χ2n) is 4.67. The van der Waals surface area contributed by atoms with Crippen molar-refractivity contribution in [1.82, 2.24) is 9.97 Å². The molecule has 0 aliphatic rings. The van der Waals surface area contributed by atoms with Crippen LogP contribution < -0.4 is 0 Å². The predicted octanol–water partition coefficient (Wildman–Crippen LogP) is 4.77. The minimum atomic E-state index is -0.362. The summed E-state index contributed by atoms with van der Waals surface area (Å²) in [6.45, 7) is 3.60. The molecular formula is C16H14F2N4S2. The Balaban J connectivity index is 0.000000240. The van der Waals surface area contributed by atoms with Crippen LogP contribution in [-0.4, -0.2) is 20.3 Å². The Hall–Kier alpha value is -2.24. The Morgan fingerprint density at radius 1 is 0.833 bits per heavy atom. The standard InChI is InChI=1S/2C8H7FN2S/c2*1-6(11-5-12)7-2-8(9)4-10-3-7/h2*2-4,6H,1H3/t2*6-/m10/s1. The Kier molecular flexibility index (Phi) is 8.68. The van der Waals surface area contributed by atoms with Gasteiger partial charge in [-0.05, 0) is 61.5 Å². The van der Waals surface area contributed by atoms with E-state index in [9.17, 15) is 8.78 Å². The topological polar surface area (TPSA) is 50.5 Å². The van der Waals surface area contributed by atoms with Crippen molar-refractivity contribution in [2.45, 2.75) is 25.9 Å². The van der Waals surface area contributed by atoms with Crippen molar-refractivity contribution < 1.29 is 8.78 Å². The molecule has 2 rings (SSSR count). The summed E-state index contributed by atoms with van der Waals surface area (Å²) in [6.07, 6.45) is 5.42. The SMILES string of the molecule is C[C@@H](N=C=S)c1cncc(F)c1.C[C@H](N=C=S)c1cncc(F)c1. The van der Waals surface area contributed by atoms with Gasteiger partial charge in [0.15, 0.2) is 0 Å². The van der Waals surface area contributed by atoms with Crippen LogP contribution in [0.25, 0.3) is 0 Å². The van der Waals surface area contributed by atoms with Gasteiger partial charge in [-0.2, -0.15) is 0 Å². The van der Waals surface area contributed by atoms with Gasteiger partial charge >= 0.3 is 0 Å². The first-order valence-corrected chi connectivity index (χ1v) is 7.64. The van der Waals surface area contributed by atoms with E-state index in [2.05, 4.69) is 54.7 Å². The molecule has 2 atom stereocenters. The van der Waals surface area contributed by atoms with E-state index in [0.717, 1.165) is 12.4 Å². The normalized spacial score (nSPS) is 11.8. The van der Waals surface area contributed by atoms with Crippen molar-refractivity contribution in [1.29, 1.82) is 0 Å². The first-order chi connectivity index (χ1) is 11.5. The molecule has 0 amide bonds. The summed E-state index contributed by atoms with van der Waals surface area (Å²) in [5.74, 6) is -0.724. The van der Waals surface area contributed by atoms with Gasteiger partial charge in [0.1, 0.15) is 11.6 Å². The maximum absolute atomic E-state index is 12.6. The molecule has 0 saturated heterocycles. The van der Waals surface area contributed by atoms with Crippen molar-refractivity contribution in [3.8, 4) is 0 Å². The molecule has 0 fully saturated rings. The van der Waals surface area contributed by atoms with Gasteiger partial charge in [-0.15, -0.1) is 0 Å². The van der Waals surface area contributed by atoms with Crippen LogP contribution in [0.15, 0.2) is 46.9 Å². The summed E-state index contributed by atoms with van der Waals surface area (Å²) in [5.41, 5.74) is 1.40. The fraction of sp³-hybridized carbons (Fsp3) is 0.250. The van der Waals surface area contributed by atoms with Crippen LogP contribution in [0, 0.1) is 11.6 Å². The monoisotopic (exact) mass is 364 g/mol. The summed E-state index contributed by atoms with van der Waals surface area (Å²) < 4.78 is 25.2. The van der Waals surface area contributed by atoms with Crippen LogP contribution in [0.5, 0.6) is 0 Å². The van der Waals surface area contributed by atoms with E-state index in [1.165, 1.54) is 12.1 Å². The molecule has 124 valence electrons. The van der Waals surface area contributed by atoms with Gasteiger partial charge in [-0.3, -0.25) is 9.97 Å². The number of hydrogen-bond donors (Lipinski definition) is 0. The quantitative estimate of drug-likeness (QED) is 0.579. The third kappa shape index (κ3) is 6.89. The molecule has 0 aliphatic heterocycles. The molecule has 0 radical (unpaired) electrons. The lowest BCUT2D eigenvalue weighted by molar-refractivity contribution is 0.615. The van der Waals surface area contributed by atoms with Gasteiger partial charge in [-0.25, -0.2) is 18.8 Å². The molecule has 0 aromatic carbocycles. The van der Waals surface area contributed by atoms with E-state index in [4.69, 9.17) is 0 Å². The highest BCUT2D eigenvalue weighted by Gasteiger charge is 2.04. The highest BCUT2D eigenvalue weighted by molar-refractivity contribution is 7.78. The number of aliphatic imine (C=N–C) groups is 2. The second kappa shape index (κ2) is 10.5. The lowest BCUT2D eigenvalue weighted by atomic mass is 10.1. The summed E-state index contributed by atoms with van der Waals surface area (Å²) in [7, 11) is 0. The highest BCUT2D eigenvalue weighted by Crippen LogP contribution is 2.15. The Bertz CT molecular complexity index is 707. The third-order valence-corrected chi connectivity index (χ3v) is 3.12. The van der Waals surface area contributed by atoms with Crippen LogP contribution in [0.2, 0.25) is 0 Å². The van der Waals surface area contributed by atoms with Crippen molar-refractivity contribution in [2.75, 3.05) is 0 Å². The minimum absolute atomic E-state index is 0.175. The number of aromatic nitrogens is 2. The van der Waals surface area contributed by atoms with Crippen molar-refractivity contribution in [2.24, 2.45) is 9.98 Å². The average molecular weight is 364 g/mol. The van der Waals surface area contributed by atoms with E-state index in [1.807, 2.05) is 0 Å². The third-order valence-electron chi connectivity index (χ3n) is 2.91. The molecule has 0 N–H and O–H groups in total. The van der Waals surface area contributed by atoms with E-state index >= 15 is 0 Å². The fourth-order valence-electron chi connectivity index (χ4n) is 1.62. The smallest absolute Gasteiger partial charge is 0.141 e. The zero-order chi connectivity index (χ0) is 17.9. The van der Waals surface area contributed by atoms with E-state index in [-0.39, 0.29) is 23.7 Å². The number of nitrogens with zero attached hydrogens (tertiary/aromatic N) is 4. The lowest BCUT2D eigenvalue weighted by Gasteiger charge is -2.02. The van der Waals surface area contributed by atoms with Crippen LogP contribution >= 0.6 is 24.4 Å². The van der Waals surface area contributed by atoms with Crippen molar-refractivity contribution in [3.63, 3.8) is 0 Å². The van der Waals surface area contributed by atoms with Gasteiger partial charge in [0, 0.05) is 12.4 Å². The molecule has 0 spiro atoms. The molecule has 0 saturated carbocycles. The maximum Gasteiger partial charge on any atom is 0.141 e. The number of rotatable bonds is 4. The van der Waals surface area contributed by atoms with Crippen LogP contribution in [-0.2, 0) is 0 Å². The zero-order valence-electron chi connectivity index (χ0n) is 13.0. The average Bonchev–Trinajstić information content (AvgIpc) is 2.56. The number of thiocarbonyl (C=S) groups is 2. The number of pyridine rings is 2. The Morgan fingerprint density at radius 2 is 1.21 bits per heavy atom. The molecule has 0 unspecified atom stereocenters. The predicted molar refractivity (Wildman–Crippen MR) is 95.3 cm³/mol. The molecule has 2 heterocycles. The minimum Gasteiger partial charge on any atom is -0.261 e. The Morgan fingerprint density at radius 3 is 1.50 bits per heavy atom. The molecule has 24 heavy (non-hydrogen) atoms. The molecule has 0 bridgehead atoms. The van der Waals surface area contributed by atoms with E-state index in [1.54, 1.807) is 26.2 Å². The summed E-state index contributed by atoms with van der Waals surface area (Å²) >= 11 is 8.86. The first kappa shape index (κ1) is 19.8. The molecule has 4 nitrogen and oxygen atoms in total. The second-order valence-corrected chi connectivity index (χ2v) is 5.03. The van der Waals surface area contributed by atoms with Gasteiger partial charge in [-0.1, -0.05) is 0 Å². The Labute approximate surface area is 149 Å². The summed E-state index contributed by atoms with van der Waals surface area (Å²) in [5, 5.41) is 4.49. The molecule has 8 heteroatoms. The van der Waals surface area contributed by atoms with Crippen LogP contribution in [0.3, 0.4) is 0 Å². The lowest BCUT2D eigenvalue weighted by Crippen LogP contribution is -1.91. The maximum atomic E-state index is 12.6. The number of halogens is 2. The number of hydrogen-bond acceptors (Lipinski definition) is 6. The van der Waals surface area contributed by atoms with Crippen LogP contribution in [0.1, 0.15) is 37.1 Å². The highest BCUT2D eigenvalue weighted by atomic mass is 32.1. The summed E-state index contributed by atoms with van der Waals surface area (Å²) in [6, 6.07) is 2.41. The first-order valence-electron chi connectivity index (χ1n) is 6.82. The zero-order valence-corrected chi connectivity index (χ0v) is 14.6. The van der Waals surface area contributed by atoms with E-state index < -0.39 is 0 Å². The van der Waals surface area contributed by atoms with Crippen LogP contribution in [0.4, 0.5) is 8.78 Å². The van der Waals surface area contributed by atoms with Gasteiger partial charge in [0.2, 0.25) is 0 Å². The largest absolute Gasteiger partial charge is 0.261 e. The molecule has 2 aromatic rings.